The molecule has 0 saturated carbocycles. The van der Waals surface area contributed by atoms with Crippen LogP contribution in [0.1, 0.15) is 23.7 Å². The highest BCUT2D eigenvalue weighted by Gasteiger charge is 2.28. The molecule has 2 N–H and O–H groups in total. The average Bonchev–Trinajstić information content (AvgIpc) is 3.12. The molecule has 0 aliphatic carbocycles. The molecule has 0 spiro atoms. The number of likely N-dealkylation sites (tertiary alicyclic amines) is 1. The van der Waals surface area contributed by atoms with Crippen molar-refractivity contribution >= 4 is 42.2 Å². The van der Waals surface area contributed by atoms with Gasteiger partial charge in [-0.25, -0.2) is 4.98 Å². The number of hydrogen-bond acceptors (Lipinski definition) is 5. The number of amides is 1. The molecular weight excluding hydrogens is 399 g/mol. The third-order valence-corrected chi connectivity index (χ3v) is 4.53. The maximum absolute atomic E-state index is 13.0. The molecule has 1 unspecified atom stereocenters. The third kappa shape index (κ3) is 5.99. The van der Waals surface area contributed by atoms with Crippen molar-refractivity contribution in [1.82, 2.24) is 15.2 Å². The molecule has 1 aromatic heterocycles. The van der Waals surface area contributed by atoms with Crippen LogP contribution in [0.3, 0.4) is 0 Å². The van der Waals surface area contributed by atoms with Crippen LogP contribution in [0.25, 0.3) is 0 Å². The minimum Gasteiger partial charge on any atom is -0.494 e. The van der Waals surface area contributed by atoms with Crippen LogP contribution in [0.5, 0.6) is 5.75 Å². The first-order valence-electron chi connectivity index (χ1n) is 9.10. The monoisotopic (exact) mass is 426 g/mol. The summed E-state index contributed by atoms with van der Waals surface area (Å²) in [6, 6.07) is 11.3. The number of carbonyl (C=O) groups excluding carboxylic acids is 1. The van der Waals surface area contributed by atoms with Crippen LogP contribution in [0.4, 0.5) is 11.5 Å². The van der Waals surface area contributed by atoms with E-state index in [1.54, 1.807) is 12.3 Å². The van der Waals surface area contributed by atoms with Gasteiger partial charge in [0, 0.05) is 25.0 Å². The molecule has 3 rings (SSSR count). The lowest BCUT2D eigenvalue weighted by molar-refractivity contribution is 0.0788. The summed E-state index contributed by atoms with van der Waals surface area (Å²) in [5.74, 6) is 1.95. The molecule has 2 heterocycles. The second-order valence-electron chi connectivity index (χ2n) is 6.45. The molecule has 1 saturated heterocycles. The molecule has 8 heteroatoms. The molecule has 1 aliphatic rings. The first-order valence-corrected chi connectivity index (χ1v) is 9.10. The van der Waals surface area contributed by atoms with Gasteiger partial charge in [-0.1, -0.05) is 0 Å². The zero-order valence-electron chi connectivity index (χ0n) is 16.2. The van der Waals surface area contributed by atoms with Crippen LogP contribution in [-0.4, -0.2) is 49.1 Å². The zero-order valence-corrected chi connectivity index (χ0v) is 17.8. The van der Waals surface area contributed by atoms with Crippen molar-refractivity contribution in [2.24, 2.45) is 5.92 Å². The minimum absolute atomic E-state index is 0. The van der Waals surface area contributed by atoms with Crippen molar-refractivity contribution in [3.05, 3.63) is 48.2 Å². The molecular formula is C20H28Cl2N4O2. The number of pyridine rings is 1. The quantitative estimate of drug-likeness (QED) is 0.705. The van der Waals surface area contributed by atoms with Gasteiger partial charge in [0.1, 0.15) is 11.6 Å². The summed E-state index contributed by atoms with van der Waals surface area (Å²) in [4.78, 5) is 19.3. The van der Waals surface area contributed by atoms with E-state index in [1.807, 2.05) is 49.2 Å². The largest absolute Gasteiger partial charge is 0.494 e. The van der Waals surface area contributed by atoms with E-state index in [2.05, 4.69) is 15.6 Å². The maximum Gasteiger partial charge on any atom is 0.257 e. The fraction of sp³-hybridized carbons (Fsp3) is 0.400. The predicted octanol–water partition coefficient (Wildman–Crippen LogP) is 3.75. The first-order chi connectivity index (χ1) is 12.7. The molecule has 28 heavy (non-hydrogen) atoms. The number of nitrogens with zero attached hydrogens (tertiary/aromatic N) is 2. The topological polar surface area (TPSA) is 66.5 Å². The van der Waals surface area contributed by atoms with Crippen LogP contribution in [-0.2, 0) is 0 Å². The lowest BCUT2D eigenvalue weighted by Crippen LogP contribution is -2.30. The summed E-state index contributed by atoms with van der Waals surface area (Å²) in [5, 5.41) is 6.45. The molecule has 0 radical (unpaired) electrons. The normalized spacial score (nSPS) is 15.4. The summed E-state index contributed by atoms with van der Waals surface area (Å²) in [7, 11) is 1.95. The van der Waals surface area contributed by atoms with Crippen molar-refractivity contribution in [1.29, 1.82) is 0 Å². The summed E-state index contributed by atoms with van der Waals surface area (Å²) in [5.41, 5.74) is 1.47. The van der Waals surface area contributed by atoms with Crippen molar-refractivity contribution in [3.63, 3.8) is 0 Å². The highest BCUT2D eigenvalue weighted by atomic mass is 35.5. The number of aromatic nitrogens is 1. The number of halogens is 2. The fourth-order valence-electron chi connectivity index (χ4n) is 3.26. The van der Waals surface area contributed by atoms with Crippen molar-refractivity contribution in [2.45, 2.75) is 13.3 Å². The predicted molar refractivity (Wildman–Crippen MR) is 118 cm³/mol. The molecule has 1 aliphatic heterocycles. The van der Waals surface area contributed by atoms with Gasteiger partial charge in [0.25, 0.3) is 5.91 Å². The van der Waals surface area contributed by atoms with Gasteiger partial charge in [0.2, 0.25) is 0 Å². The molecule has 1 amide bonds. The number of rotatable bonds is 7. The lowest BCUT2D eigenvalue weighted by atomic mass is 10.1. The van der Waals surface area contributed by atoms with Crippen LogP contribution in [0.2, 0.25) is 0 Å². The Morgan fingerprint density at radius 1 is 1.25 bits per heavy atom. The highest BCUT2D eigenvalue weighted by molar-refractivity contribution is 5.99. The Kier molecular flexibility index (Phi) is 10.1. The zero-order chi connectivity index (χ0) is 18.4. The molecule has 6 nitrogen and oxygen atoms in total. The number of benzene rings is 1. The molecule has 1 atom stereocenters. The van der Waals surface area contributed by atoms with Gasteiger partial charge in [0.15, 0.2) is 0 Å². The second kappa shape index (κ2) is 11.7. The van der Waals surface area contributed by atoms with Gasteiger partial charge in [0.05, 0.1) is 12.2 Å². The van der Waals surface area contributed by atoms with E-state index in [0.29, 0.717) is 23.9 Å². The maximum atomic E-state index is 13.0. The smallest absolute Gasteiger partial charge is 0.257 e. The van der Waals surface area contributed by atoms with E-state index in [4.69, 9.17) is 4.74 Å². The standard InChI is InChI=1S/C20H26N4O2.2ClH/c1-3-26-17-8-6-16(7-9-17)23-19-18(5-4-11-22-19)20(25)24-12-10-15(14-24)13-21-2;;/h4-9,11,15,21H,3,10,12-14H2,1-2H3,(H,22,23);2*1H. The van der Waals surface area contributed by atoms with Crippen LogP contribution in [0, 0.1) is 5.92 Å². The number of carbonyl (C=O) groups is 1. The molecule has 1 aromatic carbocycles. The molecule has 1 fully saturated rings. The summed E-state index contributed by atoms with van der Waals surface area (Å²) >= 11 is 0. The van der Waals surface area contributed by atoms with Crippen molar-refractivity contribution in [3.8, 4) is 5.75 Å². The van der Waals surface area contributed by atoms with Gasteiger partial charge < -0.3 is 20.3 Å². The number of hydrogen-bond donors (Lipinski definition) is 2. The van der Waals surface area contributed by atoms with Gasteiger partial charge in [-0.15, -0.1) is 24.8 Å². The molecule has 0 bridgehead atoms. The molecule has 154 valence electrons. The Labute approximate surface area is 178 Å². The Bertz CT molecular complexity index is 743. The first kappa shape index (κ1) is 24.0. The van der Waals surface area contributed by atoms with Crippen molar-refractivity contribution < 1.29 is 9.53 Å². The van der Waals surface area contributed by atoms with Gasteiger partial charge in [-0.05, 0) is 69.3 Å². The van der Waals surface area contributed by atoms with E-state index in [1.165, 1.54) is 0 Å². The molecule has 2 aromatic rings. The van der Waals surface area contributed by atoms with E-state index < -0.39 is 0 Å². The summed E-state index contributed by atoms with van der Waals surface area (Å²) in [6.07, 6.45) is 2.73. The Morgan fingerprint density at radius 2 is 2.00 bits per heavy atom. The number of ether oxygens (including phenoxy) is 1. The second-order valence-corrected chi connectivity index (χ2v) is 6.45. The highest BCUT2D eigenvalue weighted by Crippen LogP contribution is 2.24. The number of nitrogens with one attached hydrogen (secondary N) is 2. The number of anilines is 2. The van der Waals surface area contributed by atoms with Crippen molar-refractivity contribution in [2.75, 3.05) is 38.6 Å². The van der Waals surface area contributed by atoms with Crippen LogP contribution < -0.4 is 15.4 Å². The van der Waals surface area contributed by atoms with Gasteiger partial charge in [-0.3, -0.25) is 4.79 Å². The van der Waals surface area contributed by atoms with E-state index in [9.17, 15) is 4.79 Å². The lowest BCUT2D eigenvalue weighted by Gasteiger charge is -2.18. The minimum atomic E-state index is 0. The van der Waals surface area contributed by atoms with Gasteiger partial charge >= 0.3 is 0 Å². The summed E-state index contributed by atoms with van der Waals surface area (Å²) < 4.78 is 5.46. The Morgan fingerprint density at radius 3 is 2.68 bits per heavy atom. The third-order valence-electron chi connectivity index (χ3n) is 4.53. The van der Waals surface area contributed by atoms with E-state index in [0.717, 1.165) is 37.5 Å². The summed E-state index contributed by atoms with van der Waals surface area (Å²) in [6.45, 7) is 5.11. The van der Waals surface area contributed by atoms with Gasteiger partial charge in [-0.2, -0.15) is 0 Å². The fourth-order valence-corrected chi connectivity index (χ4v) is 3.26. The SMILES string of the molecule is CCOc1ccc(Nc2ncccc2C(=O)N2CCC(CNC)C2)cc1.Cl.Cl. The van der Waals surface area contributed by atoms with E-state index >= 15 is 0 Å². The van der Waals surface area contributed by atoms with E-state index in [-0.39, 0.29) is 30.7 Å². The van der Waals surface area contributed by atoms with Crippen LogP contribution >= 0.6 is 24.8 Å². The Balaban J connectivity index is 0.00000196. The average molecular weight is 427 g/mol. The Hall–Kier alpha value is -2.02. The van der Waals surface area contributed by atoms with Crippen LogP contribution in [0.15, 0.2) is 42.6 Å².